The van der Waals surface area contributed by atoms with Gasteiger partial charge in [0.15, 0.2) is 0 Å². The summed E-state index contributed by atoms with van der Waals surface area (Å²) in [5.41, 5.74) is -0.00394. The van der Waals surface area contributed by atoms with E-state index in [1.54, 1.807) is 0 Å². The normalized spacial score (nSPS) is 31.9. The lowest BCUT2D eigenvalue weighted by molar-refractivity contribution is 0.150. The summed E-state index contributed by atoms with van der Waals surface area (Å²) < 4.78 is 26.1. The lowest BCUT2D eigenvalue weighted by Gasteiger charge is -2.37. The summed E-state index contributed by atoms with van der Waals surface area (Å²) in [5.74, 6) is 0.445. The van der Waals surface area contributed by atoms with Crippen LogP contribution in [0.2, 0.25) is 0 Å². The van der Waals surface area contributed by atoms with Gasteiger partial charge in [0.25, 0.3) is 0 Å². The number of nitrogens with one attached hydrogen (secondary N) is 1. The molecule has 3 nitrogen and oxygen atoms in total. The van der Waals surface area contributed by atoms with Crippen molar-refractivity contribution in [3.05, 3.63) is 0 Å². The lowest BCUT2D eigenvalue weighted by atomic mass is 9.70. The standard InChI is InChI=1S/C11H23NO2S/c1-10(2,3)8-7-15(13,14)12-9(8)11(4,5)6/h8-9,12H,7H2,1-6H3. The van der Waals surface area contributed by atoms with E-state index in [-0.39, 0.29) is 28.5 Å². The first kappa shape index (κ1) is 13.0. The molecule has 0 amide bonds. The van der Waals surface area contributed by atoms with E-state index in [9.17, 15) is 8.42 Å². The molecule has 1 fully saturated rings. The highest BCUT2D eigenvalue weighted by Gasteiger charge is 2.47. The molecule has 2 atom stereocenters. The minimum Gasteiger partial charge on any atom is -0.212 e. The zero-order valence-corrected chi connectivity index (χ0v) is 11.4. The highest BCUT2D eigenvalue weighted by atomic mass is 32.2. The van der Waals surface area contributed by atoms with Crippen molar-refractivity contribution in [1.29, 1.82) is 0 Å². The Morgan fingerprint density at radius 3 is 1.73 bits per heavy atom. The first-order valence-corrected chi connectivity index (χ1v) is 7.09. The second-order valence-electron chi connectivity index (χ2n) is 6.72. The van der Waals surface area contributed by atoms with Gasteiger partial charge < -0.3 is 0 Å². The topological polar surface area (TPSA) is 46.2 Å². The molecule has 1 N–H and O–H groups in total. The van der Waals surface area contributed by atoms with Crippen LogP contribution in [0.1, 0.15) is 41.5 Å². The van der Waals surface area contributed by atoms with Crippen molar-refractivity contribution in [1.82, 2.24) is 4.72 Å². The summed E-state index contributed by atoms with van der Waals surface area (Å²) in [6.45, 7) is 12.6. The average molecular weight is 233 g/mol. The SMILES string of the molecule is CC(C)(C)C1CS(=O)(=O)NC1C(C)(C)C. The molecular weight excluding hydrogens is 210 g/mol. The Morgan fingerprint density at radius 2 is 1.47 bits per heavy atom. The third-order valence-electron chi connectivity index (χ3n) is 3.15. The van der Waals surface area contributed by atoms with Gasteiger partial charge in [0.05, 0.1) is 5.75 Å². The summed E-state index contributed by atoms with van der Waals surface area (Å²) in [7, 11) is -3.06. The van der Waals surface area contributed by atoms with Crippen molar-refractivity contribution in [2.24, 2.45) is 16.7 Å². The zero-order valence-electron chi connectivity index (χ0n) is 10.6. The van der Waals surface area contributed by atoms with E-state index in [0.717, 1.165) is 0 Å². The van der Waals surface area contributed by atoms with E-state index in [1.807, 2.05) is 0 Å². The van der Waals surface area contributed by atoms with Crippen molar-refractivity contribution in [2.45, 2.75) is 47.6 Å². The molecule has 0 bridgehead atoms. The molecule has 0 radical (unpaired) electrons. The van der Waals surface area contributed by atoms with Crippen LogP contribution in [-0.2, 0) is 10.0 Å². The molecule has 1 saturated heterocycles. The van der Waals surface area contributed by atoms with Gasteiger partial charge in [-0.15, -0.1) is 0 Å². The van der Waals surface area contributed by atoms with Crippen molar-refractivity contribution in [3.8, 4) is 0 Å². The molecule has 0 aromatic carbocycles. The second kappa shape index (κ2) is 3.45. The molecule has 0 aromatic heterocycles. The molecule has 0 spiro atoms. The number of sulfonamides is 1. The minimum atomic E-state index is -3.06. The van der Waals surface area contributed by atoms with Crippen molar-refractivity contribution >= 4 is 10.0 Å². The van der Waals surface area contributed by atoms with Gasteiger partial charge in [-0.2, -0.15) is 0 Å². The average Bonchev–Trinajstić information content (AvgIpc) is 2.23. The quantitative estimate of drug-likeness (QED) is 0.695. The number of rotatable bonds is 0. The summed E-state index contributed by atoms with van der Waals surface area (Å²) in [4.78, 5) is 0. The highest BCUT2D eigenvalue weighted by molar-refractivity contribution is 7.89. The van der Waals surface area contributed by atoms with Gasteiger partial charge in [0.2, 0.25) is 10.0 Å². The van der Waals surface area contributed by atoms with Gasteiger partial charge >= 0.3 is 0 Å². The van der Waals surface area contributed by atoms with Gasteiger partial charge in [0, 0.05) is 6.04 Å². The zero-order chi connectivity index (χ0) is 12.1. The van der Waals surface area contributed by atoms with Gasteiger partial charge in [-0.25, -0.2) is 13.1 Å². The fourth-order valence-electron chi connectivity index (χ4n) is 2.19. The van der Waals surface area contributed by atoms with Gasteiger partial charge in [-0.3, -0.25) is 0 Å². The fraction of sp³-hybridized carbons (Fsp3) is 1.00. The maximum atomic E-state index is 11.6. The van der Waals surface area contributed by atoms with Gasteiger partial charge in [-0.1, -0.05) is 41.5 Å². The maximum absolute atomic E-state index is 11.6. The Bertz CT molecular complexity index is 305. The van der Waals surface area contributed by atoms with Gasteiger partial charge in [-0.05, 0) is 16.7 Å². The molecule has 1 rings (SSSR count). The number of hydrogen-bond donors (Lipinski definition) is 1. The van der Waals surface area contributed by atoms with Crippen molar-refractivity contribution < 1.29 is 8.42 Å². The molecular formula is C11H23NO2S. The molecule has 0 aromatic rings. The van der Waals surface area contributed by atoms with Crippen LogP contribution in [0.3, 0.4) is 0 Å². The molecule has 1 aliphatic heterocycles. The summed E-state index contributed by atoms with van der Waals surface area (Å²) in [6.07, 6.45) is 0. The Morgan fingerprint density at radius 1 is 1.00 bits per heavy atom. The van der Waals surface area contributed by atoms with Crippen LogP contribution in [-0.4, -0.2) is 20.2 Å². The third-order valence-corrected chi connectivity index (χ3v) is 4.56. The summed E-state index contributed by atoms with van der Waals surface area (Å²) >= 11 is 0. The Kier molecular flexibility index (Phi) is 2.99. The molecule has 0 aliphatic carbocycles. The smallest absolute Gasteiger partial charge is 0.212 e. The van der Waals surface area contributed by atoms with Crippen LogP contribution in [0.5, 0.6) is 0 Å². The third kappa shape index (κ3) is 2.94. The largest absolute Gasteiger partial charge is 0.212 e. The van der Waals surface area contributed by atoms with E-state index in [4.69, 9.17) is 0 Å². The van der Waals surface area contributed by atoms with Crippen LogP contribution in [0, 0.1) is 16.7 Å². The first-order chi connectivity index (χ1) is 6.43. The predicted molar refractivity (Wildman–Crippen MR) is 63.1 cm³/mol. The second-order valence-corrected chi connectivity index (χ2v) is 8.51. The minimum absolute atomic E-state index is 0.0223. The molecule has 1 heterocycles. The van der Waals surface area contributed by atoms with Gasteiger partial charge in [0.1, 0.15) is 0 Å². The lowest BCUT2D eigenvalue weighted by Crippen LogP contribution is -2.44. The molecule has 90 valence electrons. The Labute approximate surface area is 93.7 Å². The molecule has 1 aliphatic rings. The molecule has 2 unspecified atom stereocenters. The van der Waals surface area contributed by atoms with Crippen LogP contribution >= 0.6 is 0 Å². The van der Waals surface area contributed by atoms with Crippen LogP contribution in [0.15, 0.2) is 0 Å². The monoisotopic (exact) mass is 233 g/mol. The Balaban J connectivity index is 3.06. The Hall–Kier alpha value is -0.0900. The molecule has 15 heavy (non-hydrogen) atoms. The predicted octanol–water partition coefficient (Wildman–Crippen LogP) is 2.00. The van der Waals surface area contributed by atoms with E-state index in [2.05, 4.69) is 46.3 Å². The molecule has 0 saturated carbocycles. The van der Waals surface area contributed by atoms with Crippen molar-refractivity contribution in [2.75, 3.05) is 5.75 Å². The van der Waals surface area contributed by atoms with E-state index in [1.165, 1.54) is 0 Å². The van der Waals surface area contributed by atoms with Crippen molar-refractivity contribution in [3.63, 3.8) is 0 Å². The summed E-state index contributed by atoms with van der Waals surface area (Å²) in [5, 5.41) is 0. The maximum Gasteiger partial charge on any atom is 0.212 e. The van der Waals surface area contributed by atoms with E-state index < -0.39 is 10.0 Å². The van der Waals surface area contributed by atoms with Crippen LogP contribution < -0.4 is 4.72 Å². The van der Waals surface area contributed by atoms with E-state index in [0.29, 0.717) is 0 Å². The highest BCUT2D eigenvalue weighted by Crippen LogP contribution is 2.40. The molecule has 4 heteroatoms. The summed E-state index contributed by atoms with van der Waals surface area (Å²) in [6, 6.07) is 0.0440. The van der Waals surface area contributed by atoms with E-state index >= 15 is 0 Å². The first-order valence-electron chi connectivity index (χ1n) is 5.43. The van der Waals surface area contributed by atoms with Crippen LogP contribution in [0.25, 0.3) is 0 Å². The fourth-order valence-corrected chi connectivity index (χ4v) is 4.35. The number of hydrogen-bond acceptors (Lipinski definition) is 2. The van der Waals surface area contributed by atoms with Crippen LogP contribution in [0.4, 0.5) is 0 Å².